The Kier molecular flexibility index (Phi) is 3.65. The fourth-order valence-corrected chi connectivity index (χ4v) is 2.07. The van der Waals surface area contributed by atoms with Crippen molar-refractivity contribution in [2.24, 2.45) is 5.41 Å². The molecule has 0 aromatic carbocycles. The molecule has 1 aromatic heterocycles. The van der Waals surface area contributed by atoms with E-state index in [1.807, 2.05) is 6.07 Å². The zero-order chi connectivity index (χ0) is 13.4. The molecule has 5 heteroatoms. The summed E-state index contributed by atoms with van der Waals surface area (Å²) in [7, 11) is 0. The monoisotopic (exact) mass is 313 g/mol. The van der Waals surface area contributed by atoms with Crippen molar-refractivity contribution in [2.75, 3.05) is 18.5 Å². The number of rotatable bonds is 4. The highest BCUT2D eigenvalue weighted by molar-refractivity contribution is 9.10. The Morgan fingerprint density at radius 2 is 2.06 bits per heavy atom. The average Bonchev–Trinajstić information content (AvgIpc) is 3.05. The summed E-state index contributed by atoms with van der Waals surface area (Å²) in [6, 6.07) is 1.88. The predicted molar refractivity (Wildman–Crippen MR) is 75.7 cm³/mol. The third kappa shape index (κ3) is 3.20. The lowest BCUT2D eigenvalue weighted by Crippen LogP contribution is -2.21. The minimum absolute atomic E-state index is 0.0749. The summed E-state index contributed by atoms with van der Waals surface area (Å²) in [5, 5.41) is 12.6. The van der Waals surface area contributed by atoms with Crippen LogP contribution in [0.4, 0.5) is 5.82 Å². The van der Waals surface area contributed by atoms with Gasteiger partial charge in [-0.1, -0.05) is 20.8 Å². The standard InChI is InChI=1S/C13H20BrN3O/c1-12(2,3)11-16-9(14)6-10(17-11)15-7-13(8-18)4-5-13/h6,18H,4-5,7-8H2,1-3H3,(H,15,16,17). The fraction of sp³-hybridized carbons (Fsp3) is 0.692. The molecular formula is C13H20BrN3O. The highest BCUT2D eigenvalue weighted by Crippen LogP contribution is 2.44. The van der Waals surface area contributed by atoms with Gasteiger partial charge in [0.2, 0.25) is 0 Å². The molecule has 2 N–H and O–H groups in total. The smallest absolute Gasteiger partial charge is 0.137 e. The summed E-state index contributed by atoms with van der Waals surface area (Å²) in [6.45, 7) is 7.30. The number of aliphatic hydroxyl groups is 1. The summed E-state index contributed by atoms with van der Waals surface area (Å²) < 4.78 is 0.791. The van der Waals surface area contributed by atoms with Crippen LogP contribution in [0.1, 0.15) is 39.4 Å². The SMILES string of the molecule is CC(C)(C)c1nc(Br)cc(NCC2(CO)CC2)n1. The second-order valence-corrected chi connectivity index (χ2v) is 6.97. The summed E-state index contributed by atoms with van der Waals surface area (Å²) in [5.41, 5.74) is 0.00772. The molecule has 2 rings (SSSR count). The first kappa shape index (κ1) is 13.7. The van der Waals surface area contributed by atoms with Crippen LogP contribution in [0.25, 0.3) is 0 Å². The number of halogens is 1. The van der Waals surface area contributed by atoms with Gasteiger partial charge in [-0.3, -0.25) is 0 Å². The highest BCUT2D eigenvalue weighted by Gasteiger charge is 2.41. The van der Waals surface area contributed by atoms with Gasteiger partial charge < -0.3 is 10.4 Å². The van der Waals surface area contributed by atoms with Crippen molar-refractivity contribution in [2.45, 2.75) is 39.0 Å². The normalized spacial score (nSPS) is 17.6. The third-order valence-electron chi connectivity index (χ3n) is 3.30. The molecule has 0 bridgehead atoms. The minimum Gasteiger partial charge on any atom is -0.396 e. The first-order chi connectivity index (χ1) is 8.35. The van der Waals surface area contributed by atoms with Gasteiger partial charge in [0.15, 0.2) is 0 Å². The van der Waals surface area contributed by atoms with E-state index in [9.17, 15) is 5.11 Å². The molecule has 18 heavy (non-hydrogen) atoms. The lowest BCUT2D eigenvalue weighted by molar-refractivity contribution is 0.219. The van der Waals surface area contributed by atoms with E-state index in [4.69, 9.17) is 0 Å². The number of nitrogens with zero attached hydrogens (tertiary/aromatic N) is 2. The third-order valence-corrected chi connectivity index (χ3v) is 3.71. The van der Waals surface area contributed by atoms with Gasteiger partial charge in [-0.15, -0.1) is 0 Å². The Balaban J connectivity index is 2.11. The lowest BCUT2D eigenvalue weighted by atomic mass is 9.96. The molecule has 1 aliphatic carbocycles. The van der Waals surface area contributed by atoms with Crippen molar-refractivity contribution in [1.82, 2.24) is 9.97 Å². The van der Waals surface area contributed by atoms with E-state index in [0.29, 0.717) is 0 Å². The number of hydrogen-bond acceptors (Lipinski definition) is 4. The van der Waals surface area contributed by atoms with Crippen LogP contribution in [0.2, 0.25) is 0 Å². The van der Waals surface area contributed by atoms with E-state index in [1.165, 1.54) is 0 Å². The first-order valence-corrected chi connectivity index (χ1v) is 7.04. The van der Waals surface area contributed by atoms with E-state index < -0.39 is 0 Å². The van der Waals surface area contributed by atoms with Crippen molar-refractivity contribution >= 4 is 21.7 Å². The van der Waals surface area contributed by atoms with Crippen LogP contribution < -0.4 is 5.32 Å². The van der Waals surface area contributed by atoms with E-state index in [0.717, 1.165) is 35.6 Å². The van der Waals surface area contributed by atoms with Gasteiger partial charge in [0.05, 0.1) is 6.61 Å². The number of aliphatic hydroxyl groups excluding tert-OH is 1. The van der Waals surface area contributed by atoms with Crippen LogP contribution >= 0.6 is 15.9 Å². The van der Waals surface area contributed by atoms with Crippen LogP contribution in [0.15, 0.2) is 10.7 Å². The van der Waals surface area contributed by atoms with E-state index in [2.05, 4.69) is 52.0 Å². The van der Waals surface area contributed by atoms with Crippen LogP contribution in [0, 0.1) is 5.41 Å². The summed E-state index contributed by atoms with van der Waals surface area (Å²) >= 11 is 3.42. The van der Waals surface area contributed by atoms with Crippen LogP contribution in [-0.4, -0.2) is 28.2 Å². The first-order valence-electron chi connectivity index (χ1n) is 6.24. The van der Waals surface area contributed by atoms with Gasteiger partial charge in [0.25, 0.3) is 0 Å². The summed E-state index contributed by atoms with van der Waals surface area (Å²) in [4.78, 5) is 8.94. The molecule has 0 unspecified atom stereocenters. The topological polar surface area (TPSA) is 58.0 Å². The Labute approximate surface area is 116 Å². The average molecular weight is 314 g/mol. The van der Waals surface area contributed by atoms with Crippen LogP contribution in [0.5, 0.6) is 0 Å². The van der Waals surface area contributed by atoms with Crippen molar-refractivity contribution in [3.05, 3.63) is 16.5 Å². The van der Waals surface area contributed by atoms with E-state index in [-0.39, 0.29) is 17.4 Å². The molecule has 1 aliphatic rings. The van der Waals surface area contributed by atoms with E-state index in [1.54, 1.807) is 0 Å². The van der Waals surface area contributed by atoms with Gasteiger partial charge in [0, 0.05) is 23.4 Å². The van der Waals surface area contributed by atoms with Crippen LogP contribution in [-0.2, 0) is 5.41 Å². The Morgan fingerprint density at radius 3 is 2.56 bits per heavy atom. The van der Waals surface area contributed by atoms with Gasteiger partial charge in [0.1, 0.15) is 16.2 Å². The summed E-state index contributed by atoms with van der Waals surface area (Å²) in [5.74, 6) is 1.63. The second-order valence-electron chi connectivity index (χ2n) is 6.16. The molecule has 0 radical (unpaired) electrons. The summed E-state index contributed by atoms with van der Waals surface area (Å²) in [6.07, 6.45) is 2.18. The quantitative estimate of drug-likeness (QED) is 0.839. The number of aromatic nitrogens is 2. The largest absolute Gasteiger partial charge is 0.396 e. The lowest BCUT2D eigenvalue weighted by Gasteiger charge is -2.19. The van der Waals surface area contributed by atoms with Crippen molar-refractivity contribution < 1.29 is 5.11 Å². The van der Waals surface area contributed by atoms with Crippen molar-refractivity contribution in [3.8, 4) is 0 Å². The van der Waals surface area contributed by atoms with Gasteiger partial charge in [-0.05, 0) is 28.8 Å². The Bertz CT molecular complexity index is 438. The maximum absolute atomic E-state index is 9.29. The van der Waals surface area contributed by atoms with Gasteiger partial charge in [-0.2, -0.15) is 0 Å². The maximum Gasteiger partial charge on any atom is 0.137 e. The molecule has 0 spiro atoms. The number of hydrogen-bond donors (Lipinski definition) is 2. The van der Waals surface area contributed by atoms with Gasteiger partial charge in [-0.25, -0.2) is 9.97 Å². The molecule has 1 heterocycles. The molecule has 0 amide bonds. The molecule has 100 valence electrons. The second kappa shape index (κ2) is 4.78. The Morgan fingerprint density at radius 1 is 1.39 bits per heavy atom. The van der Waals surface area contributed by atoms with Crippen molar-refractivity contribution in [3.63, 3.8) is 0 Å². The van der Waals surface area contributed by atoms with Crippen molar-refractivity contribution in [1.29, 1.82) is 0 Å². The fourth-order valence-electron chi connectivity index (χ4n) is 1.69. The molecule has 4 nitrogen and oxygen atoms in total. The molecular weight excluding hydrogens is 294 g/mol. The maximum atomic E-state index is 9.29. The number of nitrogens with one attached hydrogen (secondary N) is 1. The molecule has 1 saturated carbocycles. The predicted octanol–water partition coefficient (Wildman–Crippen LogP) is 2.72. The molecule has 0 aliphatic heterocycles. The molecule has 1 fully saturated rings. The number of anilines is 1. The zero-order valence-electron chi connectivity index (χ0n) is 11.1. The molecule has 0 saturated heterocycles. The highest BCUT2D eigenvalue weighted by atomic mass is 79.9. The van der Waals surface area contributed by atoms with Crippen LogP contribution in [0.3, 0.4) is 0 Å². The molecule has 1 aromatic rings. The Hall–Kier alpha value is -0.680. The molecule has 0 atom stereocenters. The minimum atomic E-state index is -0.0749. The zero-order valence-corrected chi connectivity index (χ0v) is 12.7. The van der Waals surface area contributed by atoms with E-state index >= 15 is 0 Å². The van der Waals surface area contributed by atoms with Gasteiger partial charge >= 0.3 is 0 Å².